The van der Waals surface area contributed by atoms with Crippen molar-refractivity contribution in [2.75, 3.05) is 6.54 Å². The van der Waals surface area contributed by atoms with E-state index in [0.717, 1.165) is 16.2 Å². The van der Waals surface area contributed by atoms with Gasteiger partial charge in [0.25, 0.3) is 0 Å². The Hall–Kier alpha value is -0.690. The molecule has 2 aromatic heterocycles. The van der Waals surface area contributed by atoms with Gasteiger partial charge in [-0.3, -0.25) is 0 Å². The van der Waals surface area contributed by atoms with Crippen LogP contribution in [0.25, 0.3) is 0 Å². The van der Waals surface area contributed by atoms with Crippen LogP contribution in [0.15, 0.2) is 28.5 Å². The average Bonchev–Trinajstić information content (AvgIpc) is 2.88. The summed E-state index contributed by atoms with van der Waals surface area (Å²) >= 11 is 3.15. The Kier molecular flexibility index (Phi) is 4.21. The molecule has 0 saturated carbocycles. The Bertz CT molecular complexity index is 612. The van der Waals surface area contributed by atoms with Crippen molar-refractivity contribution in [3.05, 3.63) is 38.2 Å². The topological polar surface area (TPSA) is 46.2 Å². The maximum atomic E-state index is 12.1. The summed E-state index contributed by atoms with van der Waals surface area (Å²) in [7, 11) is -3.36. The normalized spacial score (nSPS) is 11.9. The lowest BCUT2D eigenvalue weighted by atomic mass is 10.3. The van der Waals surface area contributed by atoms with Gasteiger partial charge >= 0.3 is 0 Å². The first-order valence-corrected chi connectivity index (χ1v) is 8.76. The van der Waals surface area contributed by atoms with E-state index in [1.807, 2.05) is 31.4 Å². The summed E-state index contributed by atoms with van der Waals surface area (Å²) in [5, 5.41) is 2.00. The number of hydrogen-bond donors (Lipinski definition) is 1. The summed E-state index contributed by atoms with van der Waals surface area (Å²) < 4.78 is 26.8. The molecule has 0 aliphatic heterocycles. The zero-order valence-electron chi connectivity index (χ0n) is 10.3. The predicted molar refractivity (Wildman–Crippen MR) is 77.0 cm³/mol. The van der Waals surface area contributed by atoms with Crippen LogP contribution in [0.4, 0.5) is 0 Å². The average molecular weight is 301 g/mol. The van der Waals surface area contributed by atoms with E-state index >= 15 is 0 Å². The number of nitrogens with one attached hydrogen (secondary N) is 1. The standard InChI is InChI=1S/C12H15NO2S3/c1-9-8-12(10(2)17-9)18(14,15)13-6-5-11-4-3-7-16-11/h3-4,7-8,13H,5-6H2,1-2H3. The molecule has 2 aromatic rings. The fraction of sp³-hybridized carbons (Fsp3) is 0.333. The lowest BCUT2D eigenvalue weighted by molar-refractivity contribution is 0.581. The van der Waals surface area contributed by atoms with Crippen molar-refractivity contribution in [1.29, 1.82) is 0 Å². The van der Waals surface area contributed by atoms with Gasteiger partial charge in [0.2, 0.25) is 10.0 Å². The number of aryl methyl sites for hydroxylation is 2. The van der Waals surface area contributed by atoms with E-state index in [2.05, 4.69) is 4.72 Å². The summed E-state index contributed by atoms with van der Waals surface area (Å²) in [6, 6.07) is 5.72. The van der Waals surface area contributed by atoms with E-state index in [4.69, 9.17) is 0 Å². The Morgan fingerprint density at radius 2 is 2.11 bits per heavy atom. The molecule has 0 unspecified atom stereocenters. The number of hydrogen-bond acceptors (Lipinski definition) is 4. The van der Waals surface area contributed by atoms with Gasteiger partial charge < -0.3 is 0 Å². The third-order valence-corrected chi connectivity index (χ3v) is 6.15. The van der Waals surface area contributed by atoms with Gasteiger partial charge in [-0.2, -0.15) is 0 Å². The van der Waals surface area contributed by atoms with Crippen molar-refractivity contribution in [2.45, 2.75) is 25.2 Å². The maximum Gasteiger partial charge on any atom is 0.241 e. The molecule has 0 atom stereocenters. The minimum absolute atomic E-state index is 0.413. The van der Waals surface area contributed by atoms with E-state index in [0.29, 0.717) is 11.4 Å². The smallest absolute Gasteiger partial charge is 0.211 e. The monoisotopic (exact) mass is 301 g/mol. The molecule has 0 aromatic carbocycles. The third kappa shape index (κ3) is 3.20. The van der Waals surface area contributed by atoms with E-state index in [9.17, 15) is 8.42 Å². The molecule has 0 amide bonds. The second-order valence-corrected chi connectivity index (χ2v) is 8.23. The van der Waals surface area contributed by atoms with Crippen LogP contribution in [0, 0.1) is 13.8 Å². The number of rotatable bonds is 5. The largest absolute Gasteiger partial charge is 0.241 e. The Morgan fingerprint density at radius 1 is 1.33 bits per heavy atom. The molecule has 0 saturated heterocycles. The van der Waals surface area contributed by atoms with Crippen LogP contribution in [0.5, 0.6) is 0 Å². The molecule has 6 heteroatoms. The van der Waals surface area contributed by atoms with Gasteiger partial charge in [0.1, 0.15) is 0 Å². The van der Waals surface area contributed by atoms with Crippen molar-refractivity contribution >= 4 is 32.7 Å². The van der Waals surface area contributed by atoms with Crippen molar-refractivity contribution in [1.82, 2.24) is 4.72 Å². The molecule has 0 aliphatic carbocycles. The quantitative estimate of drug-likeness (QED) is 0.923. The summed E-state index contributed by atoms with van der Waals surface area (Å²) in [6.07, 6.45) is 0.735. The molecule has 1 N–H and O–H groups in total. The zero-order chi connectivity index (χ0) is 13.2. The molecule has 3 nitrogen and oxygen atoms in total. The lowest BCUT2D eigenvalue weighted by Crippen LogP contribution is -2.25. The van der Waals surface area contributed by atoms with E-state index in [-0.39, 0.29) is 0 Å². The highest BCUT2D eigenvalue weighted by atomic mass is 32.2. The minimum atomic E-state index is -3.36. The molecule has 18 heavy (non-hydrogen) atoms. The van der Waals surface area contributed by atoms with Crippen LogP contribution in [0.3, 0.4) is 0 Å². The van der Waals surface area contributed by atoms with Gasteiger partial charge in [-0.15, -0.1) is 22.7 Å². The highest BCUT2D eigenvalue weighted by molar-refractivity contribution is 7.89. The van der Waals surface area contributed by atoms with Gasteiger partial charge in [0, 0.05) is 21.2 Å². The number of sulfonamides is 1. The first-order chi connectivity index (χ1) is 8.49. The summed E-state index contributed by atoms with van der Waals surface area (Å²) in [5.74, 6) is 0. The second-order valence-electron chi connectivity index (χ2n) is 4.00. The zero-order valence-corrected chi connectivity index (χ0v) is 12.7. The maximum absolute atomic E-state index is 12.1. The van der Waals surface area contributed by atoms with Gasteiger partial charge in [0.15, 0.2) is 0 Å². The van der Waals surface area contributed by atoms with Crippen molar-refractivity contribution in [3.63, 3.8) is 0 Å². The van der Waals surface area contributed by atoms with E-state index in [1.165, 1.54) is 16.2 Å². The summed E-state index contributed by atoms with van der Waals surface area (Å²) in [4.78, 5) is 3.47. The molecular formula is C12H15NO2S3. The molecule has 0 aliphatic rings. The van der Waals surface area contributed by atoms with Crippen LogP contribution < -0.4 is 4.72 Å². The highest BCUT2D eigenvalue weighted by Gasteiger charge is 2.18. The van der Waals surface area contributed by atoms with E-state index < -0.39 is 10.0 Å². The Balaban J connectivity index is 2.02. The van der Waals surface area contributed by atoms with Crippen LogP contribution in [-0.2, 0) is 16.4 Å². The SMILES string of the molecule is Cc1cc(S(=O)(=O)NCCc2cccs2)c(C)s1. The second kappa shape index (κ2) is 5.52. The van der Waals surface area contributed by atoms with Crippen molar-refractivity contribution in [2.24, 2.45) is 0 Å². The first-order valence-electron chi connectivity index (χ1n) is 5.58. The lowest BCUT2D eigenvalue weighted by Gasteiger charge is -2.05. The van der Waals surface area contributed by atoms with Crippen LogP contribution in [-0.4, -0.2) is 15.0 Å². The summed E-state index contributed by atoms with van der Waals surface area (Å²) in [5.41, 5.74) is 0. The highest BCUT2D eigenvalue weighted by Crippen LogP contribution is 2.24. The molecule has 2 rings (SSSR count). The molecule has 0 fully saturated rings. The third-order valence-electron chi connectivity index (χ3n) is 2.53. The summed E-state index contributed by atoms with van der Waals surface area (Å²) in [6.45, 7) is 4.20. The minimum Gasteiger partial charge on any atom is -0.211 e. The van der Waals surface area contributed by atoms with E-state index in [1.54, 1.807) is 17.4 Å². The Labute approximate surface area is 116 Å². The molecular weight excluding hydrogens is 286 g/mol. The van der Waals surface area contributed by atoms with Crippen LogP contribution in [0.1, 0.15) is 14.6 Å². The van der Waals surface area contributed by atoms with Gasteiger partial charge in [0.05, 0.1) is 4.90 Å². The molecule has 2 heterocycles. The van der Waals surface area contributed by atoms with Crippen LogP contribution >= 0.6 is 22.7 Å². The van der Waals surface area contributed by atoms with Crippen molar-refractivity contribution in [3.8, 4) is 0 Å². The molecule has 0 radical (unpaired) electrons. The predicted octanol–water partition coefficient (Wildman–Crippen LogP) is 2.95. The van der Waals surface area contributed by atoms with Gasteiger partial charge in [-0.25, -0.2) is 13.1 Å². The van der Waals surface area contributed by atoms with Gasteiger partial charge in [-0.05, 0) is 37.8 Å². The van der Waals surface area contributed by atoms with Gasteiger partial charge in [-0.1, -0.05) is 6.07 Å². The van der Waals surface area contributed by atoms with Crippen molar-refractivity contribution < 1.29 is 8.42 Å². The molecule has 0 spiro atoms. The first kappa shape index (κ1) is 13.7. The molecule has 98 valence electrons. The fourth-order valence-corrected chi connectivity index (χ4v) is 5.01. The fourth-order valence-electron chi connectivity index (χ4n) is 1.72. The van der Waals surface area contributed by atoms with Crippen LogP contribution in [0.2, 0.25) is 0 Å². The molecule has 0 bridgehead atoms. The Morgan fingerprint density at radius 3 is 2.67 bits per heavy atom. The number of thiophene rings is 2.